The molecular formula is C14H14ClFN2O4. The summed E-state index contributed by atoms with van der Waals surface area (Å²) >= 11 is 5.59. The highest BCUT2D eigenvalue weighted by Crippen LogP contribution is 2.28. The summed E-state index contributed by atoms with van der Waals surface area (Å²) in [6, 6.07) is 2.91. The highest BCUT2D eigenvalue weighted by Gasteiger charge is 2.36. The van der Waals surface area contributed by atoms with Crippen LogP contribution in [0.2, 0.25) is 5.02 Å². The molecule has 1 aromatic rings. The zero-order chi connectivity index (χ0) is 16.4. The highest BCUT2D eigenvalue weighted by atomic mass is 35.5. The van der Waals surface area contributed by atoms with Crippen LogP contribution in [0.5, 0.6) is 0 Å². The first-order valence-electron chi connectivity index (χ1n) is 6.58. The third-order valence-electron chi connectivity index (χ3n) is 3.44. The van der Waals surface area contributed by atoms with Gasteiger partial charge in [0, 0.05) is 18.7 Å². The number of carbonyl (C=O) groups excluding carboxylic acids is 2. The highest BCUT2D eigenvalue weighted by molar-refractivity contribution is 6.30. The molecule has 2 amide bonds. The quantitative estimate of drug-likeness (QED) is 0.875. The summed E-state index contributed by atoms with van der Waals surface area (Å²) in [5.41, 5.74) is 0.313. The van der Waals surface area contributed by atoms with Gasteiger partial charge in [0.15, 0.2) is 0 Å². The summed E-state index contributed by atoms with van der Waals surface area (Å²) in [5, 5.41) is 11.0. The van der Waals surface area contributed by atoms with E-state index in [9.17, 15) is 18.8 Å². The van der Waals surface area contributed by atoms with Gasteiger partial charge < -0.3 is 15.3 Å². The van der Waals surface area contributed by atoms with Crippen LogP contribution in [-0.2, 0) is 14.4 Å². The number of carbonyl (C=O) groups is 3. The number of carboxylic acids is 1. The van der Waals surface area contributed by atoms with Gasteiger partial charge in [-0.1, -0.05) is 11.6 Å². The second-order valence-corrected chi connectivity index (χ2v) is 5.48. The minimum absolute atomic E-state index is 0.0532. The van der Waals surface area contributed by atoms with E-state index in [4.69, 9.17) is 16.7 Å². The van der Waals surface area contributed by atoms with Gasteiger partial charge >= 0.3 is 5.97 Å². The van der Waals surface area contributed by atoms with Gasteiger partial charge in [0.05, 0.1) is 10.9 Å². The molecule has 2 atom stereocenters. The lowest BCUT2D eigenvalue weighted by atomic mass is 10.1. The second-order valence-electron chi connectivity index (χ2n) is 5.07. The monoisotopic (exact) mass is 328 g/mol. The van der Waals surface area contributed by atoms with E-state index in [1.807, 2.05) is 0 Å². The van der Waals surface area contributed by atoms with Crippen LogP contribution in [0.1, 0.15) is 13.3 Å². The molecule has 1 aliphatic rings. The zero-order valence-electron chi connectivity index (χ0n) is 11.7. The first-order valence-corrected chi connectivity index (χ1v) is 6.96. The van der Waals surface area contributed by atoms with Crippen molar-refractivity contribution in [3.8, 4) is 0 Å². The summed E-state index contributed by atoms with van der Waals surface area (Å²) in [7, 11) is 0. The molecule has 22 heavy (non-hydrogen) atoms. The summed E-state index contributed by atoms with van der Waals surface area (Å²) in [4.78, 5) is 35.9. The van der Waals surface area contributed by atoms with Gasteiger partial charge in [-0.2, -0.15) is 0 Å². The molecule has 0 aliphatic carbocycles. The van der Waals surface area contributed by atoms with Crippen molar-refractivity contribution in [3.63, 3.8) is 0 Å². The Morgan fingerprint density at radius 1 is 1.50 bits per heavy atom. The predicted molar refractivity (Wildman–Crippen MR) is 77.1 cm³/mol. The molecule has 0 spiro atoms. The zero-order valence-corrected chi connectivity index (χ0v) is 12.4. The Labute approximate surface area is 130 Å². The summed E-state index contributed by atoms with van der Waals surface area (Å²) in [6.07, 6.45) is -0.0532. The number of halogens is 2. The number of hydrogen-bond donors (Lipinski definition) is 2. The number of nitrogens with zero attached hydrogens (tertiary/aromatic N) is 1. The Morgan fingerprint density at radius 3 is 2.77 bits per heavy atom. The third-order valence-corrected chi connectivity index (χ3v) is 3.75. The maximum absolute atomic E-state index is 13.5. The number of hydrogen-bond acceptors (Lipinski definition) is 3. The van der Waals surface area contributed by atoms with Crippen LogP contribution in [0.3, 0.4) is 0 Å². The number of benzene rings is 1. The molecule has 1 saturated heterocycles. The molecule has 8 heteroatoms. The number of nitrogens with one attached hydrogen (secondary N) is 1. The first kappa shape index (κ1) is 16.2. The Morgan fingerprint density at radius 2 is 2.18 bits per heavy atom. The molecule has 2 rings (SSSR count). The number of anilines is 1. The fraction of sp³-hybridized carbons (Fsp3) is 0.357. The largest absolute Gasteiger partial charge is 0.480 e. The third kappa shape index (κ3) is 3.36. The van der Waals surface area contributed by atoms with Crippen LogP contribution in [-0.4, -0.2) is 35.5 Å². The van der Waals surface area contributed by atoms with Crippen LogP contribution < -0.4 is 10.2 Å². The summed E-state index contributed by atoms with van der Waals surface area (Å²) < 4.78 is 13.5. The molecule has 2 N–H and O–H groups in total. The number of aliphatic carboxylic acids is 1. The predicted octanol–water partition coefficient (Wildman–Crippen LogP) is 1.42. The minimum Gasteiger partial charge on any atom is -0.480 e. The number of amides is 2. The van der Waals surface area contributed by atoms with Crippen LogP contribution in [0, 0.1) is 11.7 Å². The molecule has 1 aromatic carbocycles. The fourth-order valence-electron chi connectivity index (χ4n) is 2.18. The first-order chi connectivity index (χ1) is 10.3. The van der Waals surface area contributed by atoms with Gasteiger partial charge in [0.1, 0.15) is 11.9 Å². The van der Waals surface area contributed by atoms with Crippen molar-refractivity contribution in [2.75, 3.05) is 11.4 Å². The molecule has 1 heterocycles. The Bertz CT molecular complexity index is 637. The van der Waals surface area contributed by atoms with Crippen molar-refractivity contribution < 1.29 is 23.9 Å². The van der Waals surface area contributed by atoms with Crippen molar-refractivity contribution in [1.82, 2.24) is 5.32 Å². The van der Waals surface area contributed by atoms with Crippen molar-refractivity contribution in [2.24, 2.45) is 5.92 Å². The topological polar surface area (TPSA) is 86.7 Å². The molecule has 6 nitrogen and oxygen atoms in total. The molecule has 0 aromatic heterocycles. The Hall–Kier alpha value is -2.15. The molecule has 0 radical (unpaired) electrons. The maximum atomic E-state index is 13.5. The smallest absolute Gasteiger partial charge is 0.325 e. The van der Waals surface area contributed by atoms with E-state index in [0.717, 1.165) is 6.07 Å². The molecule has 0 bridgehead atoms. The van der Waals surface area contributed by atoms with E-state index >= 15 is 0 Å². The van der Waals surface area contributed by atoms with Crippen LogP contribution in [0.15, 0.2) is 18.2 Å². The molecule has 1 aliphatic heterocycles. The van der Waals surface area contributed by atoms with Crippen molar-refractivity contribution in [2.45, 2.75) is 19.4 Å². The maximum Gasteiger partial charge on any atom is 0.325 e. The lowest BCUT2D eigenvalue weighted by Crippen LogP contribution is -2.42. The summed E-state index contributed by atoms with van der Waals surface area (Å²) in [5.74, 6) is -3.33. The van der Waals surface area contributed by atoms with Crippen molar-refractivity contribution >= 4 is 35.1 Å². The molecular weight excluding hydrogens is 315 g/mol. The van der Waals surface area contributed by atoms with E-state index < -0.39 is 29.7 Å². The molecule has 118 valence electrons. The Balaban J connectivity index is 2.08. The average molecular weight is 329 g/mol. The SMILES string of the molecule is C[C@H](NC(=O)C1CC(=O)N(c2ccc(Cl)c(F)c2)C1)C(=O)O. The molecule has 1 fully saturated rings. The van der Waals surface area contributed by atoms with Gasteiger partial charge in [0.2, 0.25) is 11.8 Å². The van der Waals surface area contributed by atoms with Gasteiger partial charge in [0.25, 0.3) is 0 Å². The Kier molecular flexibility index (Phi) is 4.65. The normalized spacial score (nSPS) is 19.1. The van der Waals surface area contributed by atoms with E-state index in [0.29, 0.717) is 5.69 Å². The minimum atomic E-state index is -1.16. The van der Waals surface area contributed by atoms with Gasteiger partial charge in [-0.05, 0) is 25.1 Å². The fourth-order valence-corrected chi connectivity index (χ4v) is 2.30. The average Bonchev–Trinajstić information content (AvgIpc) is 2.84. The van der Waals surface area contributed by atoms with Crippen LogP contribution in [0.25, 0.3) is 0 Å². The summed E-state index contributed by atoms with van der Waals surface area (Å²) in [6.45, 7) is 1.40. The van der Waals surface area contributed by atoms with E-state index in [1.54, 1.807) is 0 Å². The van der Waals surface area contributed by atoms with Crippen LogP contribution >= 0.6 is 11.6 Å². The molecule has 0 saturated carbocycles. The van der Waals surface area contributed by atoms with E-state index in [2.05, 4.69) is 5.32 Å². The van der Waals surface area contributed by atoms with Crippen LogP contribution in [0.4, 0.5) is 10.1 Å². The van der Waals surface area contributed by atoms with E-state index in [-0.39, 0.29) is 23.9 Å². The molecule has 1 unspecified atom stereocenters. The number of carboxylic acid groups (broad SMARTS) is 1. The van der Waals surface area contributed by atoms with Crippen molar-refractivity contribution in [1.29, 1.82) is 0 Å². The lowest BCUT2D eigenvalue weighted by molar-refractivity contribution is -0.141. The van der Waals surface area contributed by atoms with Gasteiger partial charge in [-0.25, -0.2) is 4.39 Å². The number of rotatable bonds is 4. The standard InChI is InChI=1S/C14H14ClFN2O4/c1-7(14(21)22)17-13(20)8-4-12(19)18(6-8)9-2-3-10(15)11(16)5-9/h2-3,5,7-8H,4,6H2,1H3,(H,17,20)(H,21,22)/t7-,8?/m0/s1. The second kappa shape index (κ2) is 6.31. The lowest BCUT2D eigenvalue weighted by Gasteiger charge is -2.17. The van der Waals surface area contributed by atoms with E-state index in [1.165, 1.54) is 24.0 Å². The van der Waals surface area contributed by atoms with Gasteiger partial charge in [-0.15, -0.1) is 0 Å². The van der Waals surface area contributed by atoms with Crippen molar-refractivity contribution in [3.05, 3.63) is 29.0 Å². The van der Waals surface area contributed by atoms with Gasteiger partial charge in [-0.3, -0.25) is 14.4 Å².